The molecule has 0 unspecified atom stereocenters. The fourth-order valence-electron chi connectivity index (χ4n) is 1.74. The monoisotopic (exact) mass is 267 g/mol. The first kappa shape index (κ1) is 10.6. The highest BCUT2D eigenvalue weighted by Crippen LogP contribution is 2.23. The molecule has 1 aliphatic rings. The number of rotatable bonds is 2. The van der Waals surface area contributed by atoms with Gasteiger partial charge in [-0.15, -0.1) is 0 Å². The lowest BCUT2D eigenvalue weighted by Gasteiger charge is -2.27. The van der Waals surface area contributed by atoms with E-state index in [1.807, 2.05) is 6.07 Å². The predicted molar refractivity (Wildman–Crippen MR) is 66.1 cm³/mol. The van der Waals surface area contributed by atoms with Crippen LogP contribution in [-0.2, 0) is 4.74 Å². The molecule has 80 valence electrons. The summed E-state index contributed by atoms with van der Waals surface area (Å²) in [6, 6.07) is 8.39. The molecule has 0 atom stereocenters. The van der Waals surface area contributed by atoms with Gasteiger partial charge in [0.25, 0.3) is 0 Å². The van der Waals surface area contributed by atoms with Crippen molar-refractivity contribution in [3.05, 3.63) is 40.6 Å². The molecule has 3 heteroatoms. The molecule has 0 aliphatic carbocycles. The third-order valence-corrected chi connectivity index (χ3v) is 3.10. The molecule has 0 N–H and O–H groups in total. The Bertz CT molecular complexity index is 376. The van der Waals surface area contributed by atoms with Gasteiger partial charge in [0, 0.05) is 29.7 Å². The number of hydrogen-bond acceptors (Lipinski definition) is 2. The lowest BCUT2D eigenvalue weighted by molar-refractivity contribution is 0.272. The Labute approximate surface area is 98.7 Å². The first-order valence-electron chi connectivity index (χ1n) is 5.03. The lowest BCUT2D eigenvalue weighted by Crippen LogP contribution is -2.28. The van der Waals surface area contributed by atoms with Crippen molar-refractivity contribution in [3.63, 3.8) is 0 Å². The van der Waals surface area contributed by atoms with Crippen molar-refractivity contribution in [2.24, 2.45) is 0 Å². The lowest BCUT2D eigenvalue weighted by atomic mass is 10.2. The number of benzene rings is 1. The molecule has 0 aromatic heterocycles. The van der Waals surface area contributed by atoms with E-state index in [0.29, 0.717) is 0 Å². The highest BCUT2D eigenvalue weighted by molar-refractivity contribution is 9.10. The van der Waals surface area contributed by atoms with Crippen molar-refractivity contribution in [1.82, 2.24) is 0 Å². The number of nitrogens with zero attached hydrogens (tertiary/aromatic N) is 1. The average Bonchev–Trinajstić information content (AvgIpc) is 2.29. The first-order valence-corrected chi connectivity index (χ1v) is 5.82. The quantitative estimate of drug-likeness (QED) is 0.816. The normalized spacial score (nSPS) is 16.1. The summed E-state index contributed by atoms with van der Waals surface area (Å²) in [5, 5.41) is 0. The van der Waals surface area contributed by atoms with Crippen LogP contribution in [-0.4, -0.2) is 20.2 Å². The third-order valence-electron chi connectivity index (χ3n) is 2.60. The summed E-state index contributed by atoms with van der Waals surface area (Å²) in [4.78, 5) is 2.34. The Balaban J connectivity index is 2.11. The fraction of sp³-hybridized carbons (Fsp3) is 0.333. The van der Waals surface area contributed by atoms with Gasteiger partial charge in [0.1, 0.15) is 0 Å². The Morgan fingerprint density at radius 3 is 2.87 bits per heavy atom. The van der Waals surface area contributed by atoms with Crippen LogP contribution in [0.2, 0.25) is 0 Å². The van der Waals surface area contributed by atoms with E-state index in [2.05, 4.69) is 45.1 Å². The van der Waals surface area contributed by atoms with Gasteiger partial charge in [0.15, 0.2) is 0 Å². The van der Waals surface area contributed by atoms with Gasteiger partial charge in [-0.25, -0.2) is 0 Å². The highest BCUT2D eigenvalue weighted by atomic mass is 79.9. The van der Waals surface area contributed by atoms with Gasteiger partial charge in [-0.05, 0) is 24.3 Å². The number of hydrogen-bond donors (Lipinski definition) is 0. The second kappa shape index (κ2) is 4.71. The maximum absolute atomic E-state index is 5.22. The zero-order valence-electron chi connectivity index (χ0n) is 8.74. The van der Waals surface area contributed by atoms with Gasteiger partial charge in [-0.1, -0.05) is 22.0 Å². The van der Waals surface area contributed by atoms with Crippen molar-refractivity contribution in [3.8, 4) is 0 Å². The minimum absolute atomic E-state index is 0.930. The van der Waals surface area contributed by atoms with E-state index in [0.717, 1.165) is 29.7 Å². The van der Waals surface area contributed by atoms with Crippen molar-refractivity contribution in [2.75, 3.05) is 25.1 Å². The number of anilines is 1. The smallest absolute Gasteiger partial charge is 0.0950 e. The van der Waals surface area contributed by atoms with Crippen LogP contribution in [0.25, 0.3) is 0 Å². The molecule has 1 aromatic carbocycles. The largest absolute Gasteiger partial charge is 0.501 e. The van der Waals surface area contributed by atoms with Crippen LogP contribution in [0.4, 0.5) is 5.69 Å². The Hall–Kier alpha value is -0.960. The SMILES string of the molecule is COC1=CCN(c2cccc(Br)c2)CC1. The number of ether oxygens (including phenoxy) is 1. The van der Waals surface area contributed by atoms with Crippen LogP contribution in [0.3, 0.4) is 0 Å². The minimum atomic E-state index is 0.930. The molecule has 0 fully saturated rings. The van der Waals surface area contributed by atoms with Crippen LogP contribution < -0.4 is 4.90 Å². The van der Waals surface area contributed by atoms with Crippen molar-refractivity contribution < 1.29 is 4.74 Å². The van der Waals surface area contributed by atoms with Gasteiger partial charge in [0.2, 0.25) is 0 Å². The highest BCUT2D eigenvalue weighted by Gasteiger charge is 2.12. The molecule has 1 aliphatic heterocycles. The molecular weight excluding hydrogens is 254 g/mol. The maximum Gasteiger partial charge on any atom is 0.0950 e. The van der Waals surface area contributed by atoms with Gasteiger partial charge in [0.05, 0.1) is 12.9 Å². The van der Waals surface area contributed by atoms with Crippen molar-refractivity contribution in [2.45, 2.75) is 6.42 Å². The zero-order valence-corrected chi connectivity index (χ0v) is 10.3. The predicted octanol–water partition coefficient (Wildman–Crippen LogP) is 3.19. The molecule has 1 aromatic rings. The van der Waals surface area contributed by atoms with E-state index < -0.39 is 0 Å². The van der Waals surface area contributed by atoms with Gasteiger partial charge >= 0.3 is 0 Å². The van der Waals surface area contributed by atoms with E-state index in [9.17, 15) is 0 Å². The maximum atomic E-state index is 5.22. The molecule has 1 heterocycles. The Morgan fingerprint density at radius 2 is 2.27 bits per heavy atom. The second-order valence-corrected chi connectivity index (χ2v) is 4.47. The summed E-state index contributed by atoms with van der Waals surface area (Å²) in [5.41, 5.74) is 1.26. The number of methoxy groups -OCH3 is 1. The van der Waals surface area contributed by atoms with Crippen LogP contribution >= 0.6 is 15.9 Å². The Morgan fingerprint density at radius 1 is 1.40 bits per heavy atom. The third kappa shape index (κ3) is 2.53. The molecule has 0 radical (unpaired) electrons. The van der Waals surface area contributed by atoms with Crippen LogP contribution in [0.15, 0.2) is 40.6 Å². The molecule has 0 spiro atoms. The topological polar surface area (TPSA) is 12.5 Å². The van der Waals surface area contributed by atoms with Gasteiger partial charge in [-0.2, -0.15) is 0 Å². The fourth-order valence-corrected chi connectivity index (χ4v) is 2.13. The van der Waals surface area contributed by atoms with Crippen LogP contribution in [0.1, 0.15) is 6.42 Å². The summed E-state index contributed by atoms with van der Waals surface area (Å²) >= 11 is 3.49. The second-order valence-electron chi connectivity index (χ2n) is 3.55. The zero-order chi connectivity index (χ0) is 10.7. The summed E-state index contributed by atoms with van der Waals surface area (Å²) in [6.45, 7) is 1.95. The summed E-state index contributed by atoms with van der Waals surface area (Å²) in [5.74, 6) is 1.10. The Kier molecular flexibility index (Phi) is 3.31. The van der Waals surface area contributed by atoms with E-state index >= 15 is 0 Å². The number of halogens is 1. The van der Waals surface area contributed by atoms with E-state index in [1.54, 1.807) is 7.11 Å². The summed E-state index contributed by atoms with van der Waals surface area (Å²) in [6.07, 6.45) is 3.13. The molecule has 15 heavy (non-hydrogen) atoms. The van der Waals surface area contributed by atoms with Gasteiger partial charge < -0.3 is 9.64 Å². The standard InChI is InChI=1S/C12H14BrNO/c1-15-12-5-7-14(8-6-12)11-4-2-3-10(13)9-11/h2-5,9H,6-8H2,1H3. The molecule has 2 rings (SSSR count). The summed E-state index contributed by atoms with van der Waals surface area (Å²) < 4.78 is 6.35. The summed E-state index contributed by atoms with van der Waals surface area (Å²) in [7, 11) is 1.74. The van der Waals surface area contributed by atoms with Crippen LogP contribution in [0.5, 0.6) is 0 Å². The molecule has 0 amide bonds. The molecule has 0 saturated heterocycles. The van der Waals surface area contributed by atoms with Crippen molar-refractivity contribution in [1.29, 1.82) is 0 Å². The van der Waals surface area contributed by atoms with E-state index in [1.165, 1.54) is 5.69 Å². The minimum Gasteiger partial charge on any atom is -0.501 e. The molecule has 0 bridgehead atoms. The van der Waals surface area contributed by atoms with Gasteiger partial charge in [-0.3, -0.25) is 0 Å². The molecule has 0 saturated carbocycles. The average molecular weight is 268 g/mol. The first-order chi connectivity index (χ1) is 7.29. The van der Waals surface area contributed by atoms with Crippen molar-refractivity contribution >= 4 is 21.6 Å². The van der Waals surface area contributed by atoms with E-state index in [-0.39, 0.29) is 0 Å². The van der Waals surface area contributed by atoms with Crippen LogP contribution in [0, 0.1) is 0 Å². The van der Waals surface area contributed by atoms with E-state index in [4.69, 9.17) is 4.74 Å². The molecule has 2 nitrogen and oxygen atoms in total. The molecular formula is C12H14BrNO.